The van der Waals surface area contributed by atoms with Gasteiger partial charge in [-0.1, -0.05) is 6.07 Å². The number of nitriles is 1. The van der Waals surface area contributed by atoms with Crippen LogP contribution in [0.3, 0.4) is 0 Å². The van der Waals surface area contributed by atoms with Crippen LogP contribution in [0.15, 0.2) is 34.9 Å². The third-order valence-electron chi connectivity index (χ3n) is 2.58. The summed E-state index contributed by atoms with van der Waals surface area (Å²) in [6.45, 7) is 5.12. The van der Waals surface area contributed by atoms with E-state index in [1.54, 1.807) is 18.3 Å². The molecule has 1 N–H and O–H groups in total. The molecule has 20 heavy (non-hydrogen) atoms. The molecule has 2 rings (SSSR count). The molecule has 0 aliphatic carbocycles. The predicted molar refractivity (Wildman–Crippen MR) is 74.0 cm³/mol. The van der Waals surface area contributed by atoms with Crippen LogP contribution in [0, 0.1) is 11.3 Å². The molecule has 104 valence electrons. The van der Waals surface area contributed by atoms with Crippen LogP contribution in [0.2, 0.25) is 0 Å². The summed E-state index contributed by atoms with van der Waals surface area (Å²) in [7, 11) is 0. The zero-order valence-corrected chi connectivity index (χ0v) is 11.6. The number of nitrogens with zero attached hydrogens (tertiary/aromatic N) is 2. The van der Waals surface area contributed by atoms with Crippen molar-refractivity contribution in [2.45, 2.75) is 33.0 Å². The quantitative estimate of drug-likeness (QED) is 0.874. The van der Waals surface area contributed by atoms with Crippen molar-refractivity contribution in [3.05, 3.63) is 47.5 Å². The van der Waals surface area contributed by atoms with E-state index >= 15 is 0 Å². The molecule has 0 saturated carbocycles. The van der Waals surface area contributed by atoms with Crippen LogP contribution in [0.5, 0.6) is 5.88 Å². The van der Waals surface area contributed by atoms with Gasteiger partial charge in [0, 0.05) is 18.3 Å². The van der Waals surface area contributed by atoms with Gasteiger partial charge in [0.05, 0.1) is 12.6 Å². The molecule has 0 spiro atoms. The van der Waals surface area contributed by atoms with Crippen molar-refractivity contribution in [1.29, 1.82) is 5.26 Å². The predicted octanol–water partition coefficient (Wildman–Crippen LogP) is 2.62. The monoisotopic (exact) mass is 271 g/mol. The van der Waals surface area contributed by atoms with Crippen molar-refractivity contribution in [2.24, 2.45) is 0 Å². The van der Waals surface area contributed by atoms with Gasteiger partial charge in [-0.25, -0.2) is 4.98 Å². The summed E-state index contributed by atoms with van der Waals surface area (Å²) in [6, 6.07) is 9.27. The number of hydrogen-bond donors (Lipinski definition) is 1. The van der Waals surface area contributed by atoms with E-state index in [4.69, 9.17) is 14.4 Å². The minimum absolute atomic E-state index is 0.0897. The van der Waals surface area contributed by atoms with E-state index in [0.717, 1.165) is 11.3 Å². The molecule has 0 aromatic carbocycles. The van der Waals surface area contributed by atoms with Crippen molar-refractivity contribution < 1.29 is 9.15 Å². The first-order chi connectivity index (χ1) is 9.69. The lowest BCUT2D eigenvalue weighted by atomic mass is 10.2. The molecule has 0 amide bonds. The standard InChI is InChI=1S/C15H17N3O2/c1-11(2)19-15-12(4-3-7-18-15)9-17-10-14-6-5-13(8-16)20-14/h3-7,11,17H,9-10H2,1-2H3. The first kappa shape index (κ1) is 14.1. The van der Waals surface area contributed by atoms with Gasteiger partial charge in [-0.2, -0.15) is 5.26 Å². The molecule has 2 aromatic heterocycles. The normalized spacial score (nSPS) is 10.5. The Morgan fingerprint density at radius 2 is 2.20 bits per heavy atom. The number of aromatic nitrogens is 1. The van der Waals surface area contributed by atoms with Gasteiger partial charge in [-0.05, 0) is 32.0 Å². The molecule has 0 radical (unpaired) electrons. The van der Waals surface area contributed by atoms with Crippen LogP contribution in [0.25, 0.3) is 0 Å². The third-order valence-corrected chi connectivity index (χ3v) is 2.58. The molecule has 0 unspecified atom stereocenters. The lowest BCUT2D eigenvalue weighted by Crippen LogP contribution is -2.15. The van der Waals surface area contributed by atoms with E-state index in [1.807, 2.05) is 32.0 Å². The largest absolute Gasteiger partial charge is 0.475 e. The zero-order chi connectivity index (χ0) is 14.4. The van der Waals surface area contributed by atoms with Crippen molar-refractivity contribution in [2.75, 3.05) is 0 Å². The second-order valence-corrected chi connectivity index (χ2v) is 4.62. The lowest BCUT2D eigenvalue weighted by molar-refractivity contribution is 0.229. The van der Waals surface area contributed by atoms with Crippen LogP contribution in [0.4, 0.5) is 0 Å². The average molecular weight is 271 g/mol. The van der Waals surface area contributed by atoms with Crippen LogP contribution >= 0.6 is 0 Å². The van der Waals surface area contributed by atoms with Gasteiger partial charge < -0.3 is 14.5 Å². The summed E-state index contributed by atoms with van der Waals surface area (Å²) in [5.41, 5.74) is 0.994. The highest BCUT2D eigenvalue weighted by Crippen LogP contribution is 2.16. The number of ether oxygens (including phenoxy) is 1. The number of rotatable bonds is 6. The van der Waals surface area contributed by atoms with Crippen LogP contribution in [-0.2, 0) is 13.1 Å². The average Bonchev–Trinajstić information content (AvgIpc) is 2.88. The SMILES string of the molecule is CC(C)Oc1ncccc1CNCc1ccc(C#N)o1. The maximum Gasteiger partial charge on any atom is 0.218 e. The van der Waals surface area contributed by atoms with Crippen LogP contribution < -0.4 is 10.1 Å². The molecule has 0 saturated heterocycles. The van der Waals surface area contributed by atoms with E-state index in [-0.39, 0.29) is 6.10 Å². The highest BCUT2D eigenvalue weighted by atomic mass is 16.5. The molecule has 2 aromatic rings. The van der Waals surface area contributed by atoms with Gasteiger partial charge in [0.25, 0.3) is 0 Å². The molecule has 0 atom stereocenters. The Labute approximate surface area is 118 Å². The minimum atomic E-state index is 0.0897. The maximum absolute atomic E-state index is 8.69. The Bertz CT molecular complexity index is 599. The fraction of sp³-hybridized carbons (Fsp3) is 0.333. The molecule has 0 fully saturated rings. The number of nitrogens with one attached hydrogen (secondary N) is 1. The Morgan fingerprint density at radius 1 is 1.35 bits per heavy atom. The lowest BCUT2D eigenvalue weighted by Gasteiger charge is -2.12. The first-order valence-corrected chi connectivity index (χ1v) is 6.49. The van der Waals surface area contributed by atoms with E-state index < -0.39 is 0 Å². The molecule has 0 aliphatic rings. The summed E-state index contributed by atoms with van der Waals surface area (Å²) < 4.78 is 10.9. The highest BCUT2D eigenvalue weighted by molar-refractivity contribution is 5.25. The van der Waals surface area contributed by atoms with Crippen molar-refractivity contribution in [3.63, 3.8) is 0 Å². The minimum Gasteiger partial charge on any atom is -0.475 e. The van der Waals surface area contributed by atoms with Gasteiger partial charge in [0.15, 0.2) is 0 Å². The number of furan rings is 1. The molecule has 0 aliphatic heterocycles. The summed E-state index contributed by atoms with van der Waals surface area (Å²) in [6.07, 6.45) is 1.80. The van der Waals surface area contributed by atoms with Gasteiger partial charge in [-0.3, -0.25) is 0 Å². The van der Waals surface area contributed by atoms with Crippen molar-refractivity contribution >= 4 is 0 Å². The maximum atomic E-state index is 8.69. The van der Waals surface area contributed by atoms with Gasteiger partial charge in [-0.15, -0.1) is 0 Å². The van der Waals surface area contributed by atoms with Gasteiger partial charge in [0.2, 0.25) is 11.6 Å². The van der Waals surface area contributed by atoms with Crippen molar-refractivity contribution in [1.82, 2.24) is 10.3 Å². The Kier molecular flexibility index (Phi) is 4.75. The van der Waals surface area contributed by atoms with Crippen LogP contribution in [-0.4, -0.2) is 11.1 Å². The molecule has 5 heteroatoms. The van der Waals surface area contributed by atoms with E-state index in [1.165, 1.54) is 0 Å². The summed E-state index contributed by atoms with van der Waals surface area (Å²) in [5.74, 6) is 1.70. The molecular formula is C15H17N3O2. The summed E-state index contributed by atoms with van der Waals surface area (Å²) in [4.78, 5) is 4.23. The van der Waals surface area contributed by atoms with E-state index in [9.17, 15) is 0 Å². The fourth-order valence-electron chi connectivity index (χ4n) is 1.74. The van der Waals surface area contributed by atoms with Crippen molar-refractivity contribution in [3.8, 4) is 11.9 Å². The van der Waals surface area contributed by atoms with Gasteiger partial charge in [0.1, 0.15) is 11.8 Å². The molecule has 2 heterocycles. The number of pyridine rings is 1. The van der Waals surface area contributed by atoms with Crippen LogP contribution in [0.1, 0.15) is 30.9 Å². The summed E-state index contributed by atoms with van der Waals surface area (Å²) >= 11 is 0. The number of hydrogen-bond acceptors (Lipinski definition) is 5. The smallest absolute Gasteiger partial charge is 0.218 e. The third kappa shape index (κ3) is 3.84. The Hall–Kier alpha value is -2.32. The molecular weight excluding hydrogens is 254 g/mol. The Balaban J connectivity index is 1.92. The highest BCUT2D eigenvalue weighted by Gasteiger charge is 2.07. The van der Waals surface area contributed by atoms with E-state index in [0.29, 0.717) is 24.7 Å². The first-order valence-electron chi connectivity index (χ1n) is 6.49. The topological polar surface area (TPSA) is 71.1 Å². The van der Waals surface area contributed by atoms with Gasteiger partial charge >= 0.3 is 0 Å². The fourth-order valence-corrected chi connectivity index (χ4v) is 1.74. The molecule has 0 bridgehead atoms. The van der Waals surface area contributed by atoms with E-state index in [2.05, 4.69) is 10.3 Å². The zero-order valence-electron chi connectivity index (χ0n) is 11.6. The second-order valence-electron chi connectivity index (χ2n) is 4.62. The molecule has 5 nitrogen and oxygen atoms in total. The second kappa shape index (κ2) is 6.73. The Morgan fingerprint density at radius 3 is 2.90 bits per heavy atom. The summed E-state index contributed by atoms with van der Waals surface area (Å²) in [5, 5.41) is 11.9.